The lowest BCUT2D eigenvalue weighted by molar-refractivity contribution is 0.596. The molecular formula is C9H10FN5. The Morgan fingerprint density at radius 3 is 2.60 bits per heavy atom. The van der Waals surface area contributed by atoms with Crippen LogP contribution in [0.2, 0.25) is 0 Å². The van der Waals surface area contributed by atoms with E-state index in [1.807, 2.05) is 6.20 Å². The summed E-state index contributed by atoms with van der Waals surface area (Å²) in [4.78, 5) is 7.66. The van der Waals surface area contributed by atoms with Gasteiger partial charge in [0.25, 0.3) is 0 Å². The maximum atomic E-state index is 12.5. The van der Waals surface area contributed by atoms with E-state index in [-0.39, 0.29) is 0 Å². The first-order valence-corrected chi connectivity index (χ1v) is 4.46. The van der Waals surface area contributed by atoms with Gasteiger partial charge in [-0.2, -0.15) is 5.10 Å². The minimum absolute atomic E-state index is 0.417. The molecule has 0 amide bonds. The summed E-state index contributed by atoms with van der Waals surface area (Å²) in [6, 6.07) is 0. The second-order valence-electron chi connectivity index (χ2n) is 3.07. The van der Waals surface area contributed by atoms with E-state index in [4.69, 9.17) is 5.73 Å². The fraction of sp³-hybridized carbons (Fsp3) is 0.222. The minimum atomic E-state index is -0.443. The largest absolute Gasteiger partial charge is 0.326 e. The molecule has 2 rings (SSSR count). The van der Waals surface area contributed by atoms with Crippen molar-refractivity contribution < 1.29 is 4.39 Å². The summed E-state index contributed by atoms with van der Waals surface area (Å²) in [6.45, 7) is 0.866. The normalized spacial score (nSPS) is 10.5. The molecule has 0 unspecified atom stereocenters. The number of hydrogen-bond donors (Lipinski definition) is 1. The predicted octanol–water partition coefficient (Wildman–Crippen LogP) is 0.319. The Kier molecular flexibility index (Phi) is 2.68. The van der Waals surface area contributed by atoms with Crippen molar-refractivity contribution in [2.24, 2.45) is 5.73 Å². The summed E-state index contributed by atoms with van der Waals surface area (Å²) in [6.07, 6.45) is 5.77. The molecule has 2 aromatic heterocycles. The molecule has 0 atom stereocenters. The van der Waals surface area contributed by atoms with Gasteiger partial charge in [0, 0.05) is 18.3 Å². The number of nitrogens with zero attached hydrogens (tertiary/aromatic N) is 4. The molecule has 6 heteroatoms. The second kappa shape index (κ2) is 4.14. The first-order valence-electron chi connectivity index (χ1n) is 4.46. The number of halogens is 1. The molecule has 0 aliphatic rings. The van der Waals surface area contributed by atoms with Gasteiger partial charge in [-0.25, -0.2) is 14.4 Å². The monoisotopic (exact) mass is 207 g/mol. The summed E-state index contributed by atoms with van der Waals surface area (Å²) < 4.78 is 14.2. The highest BCUT2D eigenvalue weighted by Gasteiger charge is 2.00. The lowest BCUT2D eigenvalue weighted by Gasteiger charge is -1.99. The zero-order chi connectivity index (χ0) is 10.7. The standard InChI is InChI=1S/C9H10FN5/c10-8-3-12-9(13-4-8)6-15-5-7(1-11)2-14-15/h2-5H,1,6,11H2. The highest BCUT2D eigenvalue weighted by molar-refractivity contribution is 5.03. The molecule has 0 fully saturated rings. The lowest BCUT2D eigenvalue weighted by atomic mass is 10.4. The summed E-state index contributed by atoms with van der Waals surface area (Å²) in [5, 5.41) is 4.07. The zero-order valence-corrected chi connectivity index (χ0v) is 7.97. The van der Waals surface area contributed by atoms with E-state index in [1.54, 1.807) is 10.9 Å². The highest BCUT2D eigenvalue weighted by atomic mass is 19.1. The molecule has 2 N–H and O–H groups in total. The third-order valence-electron chi connectivity index (χ3n) is 1.90. The minimum Gasteiger partial charge on any atom is -0.326 e. The topological polar surface area (TPSA) is 69.6 Å². The van der Waals surface area contributed by atoms with Crippen LogP contribution in [-0.2, 0) is 13.1 Å². The van der Waals surface area contributed by atoms with Gasteiger partial charge >= 0.3 is 0 Å². The van der Waals surface area contributed by atoms with E-state index in [2.05, 4.69) is 15.1 Å². The third-order valence-corrected chi connectivity index (χ3v) is 1.90. The molecule has 0 aromatic carbocycles. The van der Waals surface area contributed by atoms with Crippen LogP contribution in [0.15, 0.2) is 24.8 Å². The Morgan fingerprint density at radius 1 is 1.27 bits per heavy atom. The van der Waals surface area contributed by atoms with Crippen molar-refractivity contribution in [3.8, 4) is 0 Å². The van der Waals surface area contributed by atoms with Crippen LogP contribution in [0, 0.1) is 5.82 Å². The number of hydrogen-bond acceptors (Lipinski definition) is 4. The van der Waals surface area contributed by atoms with Crippen molar-refractivity contribution in [1.82, 2.24) is 19.7 Å². The van der Waals surface area contributed by atoms with E-state index >= 15 is 0 Å². The summed E-state index contributed by atoms with van der Waals surface area (Å²) >= 11 is 0. The zero-order valence-electron chi connectivity index (χ0n) is 7.97. The first kappa shape index (κ1) is 9.72. The van der Waals surface area contributed by atoms with Crippen molar-refractivity contribution in [1.29, 1.82) is 0 Å². The maximum absolute atomic E-state index is 12.5. The van der Waals surface area contributed by atoms with Crippen LogP contribution in [-0.4, -0.2) is 19.7 Å². The number of rotatable bonds is 3. The number of nitrogens with two attached hydrogens (primary N) is 1. The fourth-order valence-corrected chi connectivity index (χ4v) is 1.16. The molecule has 2 aromatic rings. The van der Waals surface area contributed by atoms with Crippen molar-refractivity contribution >= 4 is 0 Å². The molecule has 0 aliphatic carbocycles. The van der Waals surface area contributed by atoms with Gasteiger partial charge in [-0.1, -0.05) is 0 Å². The second-order valence-corrected chi connectivity index (χ2v) is 3.07. The van der Waals surface area contributed by atoms with Gasteiger partial charge in [0.15, 0.2) is 5.82 Å². The van der Waals surface area contributed by atoms with Crippen molar-refractivity contribution in [2.45, 2.75) is 13.1 Å². The van der Waals surface area contributed by atoms with E-state index in [0.717, 1.165) is 18.0 Å². The van der Waals surface area contributed by atoms with Crippen molar-refractivity contribution in [2.75, 3.05) is 0 Å². The molecular weight excluding hydrogens is 197 g/mol. The van der Waals surface area contributed by atoms with Gasteiger partial charge in [0.1, 0.15) is 12.4 Å². The summed E-state index contributed by atoms with van der Waals surface area (Å²) in [5.74, 6) is 0.0740. The van der Waals surface area contributed by atoms with Crippen LogP contribution in [0.4, 0.5) is 4.39 Å². The van der Waals surface area contributed by atoms with E-state index in [9.17, 15) is 4.39 Å². The molecule has 5 nitrogen and oxygen atoms in total. The van der Waals surface area contributed by atoms with Gasteiger partial charge < -0.3 is 5.73 Å². The van der Waals surface area contributed by atoms with Gasteiger partial charge in [-0.3, -0.25) is 4.68 Å². The van der Waals surface area contributed by atoms with Crippen LogP contribution >= 0.6 is 0 Å². The SMILES string of the molecule is NCc1cnn(Cc2ncc(F)cn2)c1. The van der Waals surface area contributed by atoms with Gasteiger partial charge in [-0.05, 0) is 0 Å². The molecule has 0 radical (unpaired) electrons. The van der Waals surface area contributed by atoms with Crippen molar-refractivity contribution in [3.05, 3.63) is 42.0 Å². The van der Waals surface area contributed by atoms with Crippen LogP contribution in [0.25, 0.3) is 0 Å². The summed E-state index contributed by atoms with van der Waals surface area (Å²) in [7, 11) is 0. The predicted molar refractivity (Wildman–Crippen MR) is 51.2 cm³/mol. The Bertz CT molecular complexity index is 436. The van der Waals surface area contributed by atoms with E-state index in [1.165, 1.54) is 0 Å². The van der Waals surface area contributed by atoms with Gasteiger partial charge in [0.2, 0.25) is 0 Å². The van der Waals surface area contributed by atoms with Crippen LogP contribution in [0.5, 0.6) is 0 Å². The Labute approximate surface area is 85.8 Å². The molecule has 0 saturated carbocycles. The van der Waals surface area contributed by atoms with E-state index < -0.39 is 5.82 Å². The van der Waals surface area contributed by atoms with Crippen LogP contribution in [0.1, 0.15) is 11.4 Å². The molecule has 15 heavy (non-hydrogen) atoms. The maximum Gasteiger partial charge on any atom is 0.159 e. The molecule has 0 spiro atoms. The molecule has 0 bridgehead atoms. The van der Waals surface area contributed by atoms with Gasteiger partial charge in [-0.15, -0.1) is 0 Å². The first-order chi connectivity index (χ1) is 7.28. The highest BCUT2D eigenvalue weighted by Crippen LogP contribution is 1.99. The van der Waals surface area contributed by atoms with Crippen molar-refractivity contribution in [3.63, 3.8) is 0 Å². The molecule has 0 aliphatic heterocycles. The average Bonchev–Trinajstić information content (AvgIpc) is 2.69. The van der Waals surface area contributed by atoms with Crippen LogP contribution < -0.4 is 5.73 Å². The lowest BCUT2D eigenvalue weighted by Crippen LogP contribution is -2.04. The van der Waals surface area contributed by atoms with E-state index in [0.29, 0.717) is 18.9 Å². The Hall–Kier alpha value is -1.82. The fourth-order valence-electron chi connectivity index (χ4n) is 1.16. The smallest absolute Gasteiger partial charge is 0.159 e. The van der Waals surface area contributed by atoms with Gasteiger partial charge in [0.05, 0.1) is 18.6 Å². The average molecular weight is 207 g/mol. The molecule has 0 saturated heterocycles. The Balaban J connectivity index is 2.11. The third kappa shape index (κ3) is 2.35. The quantitative estimate of drug-likeness (QED) is 0.786. The summed E-state index contributed by atoms with van der Waals surface area (Å²) in [5.41, 5.74) is 6.38. The van der Waals surface area contributed by atoms with Crippen LogP contribution in [0.3, 0.4) is 0 Å². The number of aromatic nitrogens is 4. The molecule has 2 heterocycles. The molecule has 78 valence electrons. The Morgan fingerprint density at radius 2 is 2.00 bits per heavy atom.